The molecule has 156 valence electrons. The minimum Gasteiger partial charge on any atom is -0.343 e. The molecule has 10 heteroatoms. The van der Waals surface area contributed by atoms with Crippen molar-refractivity contribution in [3.63, 3.8) is 0 Å². The van der Waals surface area contributed by atoms with Gasteiger partial charge in [-0.1, -0.05) is 0 Å². The lowest BCUT2D eigenvalue weighted by atomic mass is 10.0. The Morgan fingerprint density at radius 3 is 2.87 bits per heavy atom. The third-order valence-electron chi connectivity index (χ3n) is 4.77. The Hall–Kier alpha value is -3.61. The molecule has 0 bridgehead atoms. The van der Waals surface area contributed by atoms with Crippen LogP contribution in [0.3, 0.4) is 0 Å². The summed E-state index contributed by atoms with van der Waals surface area (Å²) in [5.74, 6) is -4.38. The Morgan fingerprint density at radius 2 is 2.20 bits per heavy atom. The summed E-state index contributed by atoms with van der Waals surface area (Å²) in [6, 6.07) is 2.01. The molecular weight excluding hydrogens is 394 g/mol. The predicted molar refractivity (Wildman–Crippen MR) is 104 cm³/mol. The van der Waals surface area contributed by atoms with Gasteiger partial charge >= 0.3 is 0 Å². The Balaban J connectivity index is 1.71. The summed E-state index contributed by atoms with van der Waals surface area (Å²) >= 11 is 0. The third kappa shape index (κ3) is 4.68. The highest BCUT2D eigenvalue weighted by molar-refractivity contribution is 6.00. The quantitative estimate of drug-likeness (QED) is 0.804. The van der Waals surface area contributed by atoms with Crippen molar-refractivity contribution >= 4 is 23.5 Å². The van der Waals surface area contributed by atoms with Gasteiger partial charge in [0, 0.05) is 48.7 Å². The summed E-state index contributed by atoms with van der Waals surface area (Å²) in [5, 5.41) is 15.6. The fourth-order valence-corrected chi connectivity index (χ4v) is 3.22. The molecule has 1 atom stereocenters. The molecule has 0 aromatic carbocycles. The van der Waals surface area contributed by atoms with E-state index in [0.29, 0.717) is 5.56 Å². The van der Waals surface area contributed by atoms with Crippen molar-refractivity contribution in [3.05, 3.63) is 47.5 Å². The van der Waals surface area contributed by atoms with Gasteiger partial charge in [-0.05, 0) is 24.6 Å². The van der Waals surface area contributed by atoms with Gasteiger partial charge in [0.1, 0.15) is 6.04 Å². The second-order valence-corrected chi connectivity index (χ2v) is 7.10. The Labute approximate surface area is 171 Å². The van der Waals surface area contributed by atoms with Crippen LogP contribution in [0.4, 0.5) is 8.78 Å². The molecule has 2 amide bonds. The van der Waals surface area contributed by atoms with Crippen LogP contribution in [0.2, 0.25) is 0 Å². The first-order chi connectivity index (χ1) is 14.2. The molecule has 0 radical (unpaired) electrons. The smallest absolute Gasteiger partial charge is 0.268 e. The van der Waals surface area contributed by atoms with Crippen LogP contribution in [0.25, 0.3) is 11.6 Å². The summed E-state index contributed by atoms with van der Waals surface area (Å²) in [6.07, 6.45) is 7.56. The van der Waals surface area contributed by atoms with E-state index in [2.05, 4.69) is 15.4 Å². The SMILES string of the molecule is C/C(=C\c1cnccc1C(=O)NCC(=O)N1CC(F)(F)C[C@H]1C#N)c1cnn(C)c1. The van der Waals surface area contributed by atoms with Gasteiger partial charge in [-0.15, -0.1) is 0 Å². The number of nitrogens with one attached hydrogen (secondary N) is 1. The summed E-state index contributed by atoms with van der Waals surface area (Å²) in [5.41, 5.74) is 2.55. The highest BCUT2D eigenvalue weighted by Gasteiger charge is 2.47. The van der Waals surface area contributed by atoms with E-state index in [1.54, 1.807) is 30.1 Å². The molecule has 1 fully saturated rings. The fourth-order valence-electron chi connectivity index (χ4n) is 3.22. The Bertz CT molecular complexity index is 1040. The lowest BCUT2D eigenvalue weighted by Gasteiger charge is -2.19. The van der Waals surface area contributed by atoms with E-state index in [0.717, 1.165) is 16.0 Å². The van der Waals surface area contributed by atoms with Crippen molar-refractivity contribution < 1.29 is 18.4 Å². The molecule has 0 saturated carbocycles. The molecule has 0 aliphatic carbocycles. The van der Waals surface area contributed by atoms with E-state index in [1.165, 1.54) is 18.5 Å². The lowest BCUT2D eigenvalue weighted by molar-refractivity contribution is -0.131. The molecule has 2 aromatic rings. The maximum absolute atomic E-state index is 13.5. The van der Waals surface area contributed by atoms with Gasteiger partial charge in [-0.3, -0.25) is 19.3 Å². The molecule has 2 aromatic heterocycles. The first-order valence-corrected chi connectivity index (χ1v) is 9.16. The summed E-state index contributed by atoms with van der Waals surface area (Å²) < 4.78 is 28.7. The summed E-state index contributed by atoms with van der Waals surface area (Å²) in [6.45, 7) is 0.554. The normalized spacial score (nSPS) is 18.2. The average Bonchev–Trinajstić information content (AvgIpc) is 3.28. The van der Waals surface area contributed by atoms with Gasteiger partial charge in [-0.25, -0.2) is 8.78 Å². The van der Waals surface area contributed by atoms with Crippen molar-refractivity contribution in [2.75, 3.05) is 13.1 Å². The number of carbonyl (C=O) groups is 2. The zero-order chi connectivity index (χ0) is 21.9. The largest absolute Gasteiger partial charge is 0.343 e. The van der Waals surface area contributed by atoms with Crippen molar-refractivity contribution in [2.45, 2.75) is 25.3 Å². The number of aryl methyl sites for hydroxylation is 1. The van der Waals surface area contributed by atoms with Gasteiger partial charge in [0.05, 0.1) is 25.4 Å². The van der Waals surface area contributed by atoms with E-state index in [1.807, 2.05) is 13.1 Å². The minimum absolute atomic E-state index is 0.282. The standard InChI is InChI=1S/C20H20F2N6O2/c1-13(15-9-26-27(2)11-15)5-14-8-24-4-3-17(14)19(30)25-10-18(29)28-12-20(21,22)6-16(28)7-23/h3-5,8-9,11,16H,6,10,12H2,1-2H3,(H,25,30)/b13-5+/t16-/m0/s1. The number of likely N-dealkylation sites (tertiary alicyclic amines) is 1. The van der Waals surface area contributed by atoms with Gasteiger partial charge in [0.25, 0.3) is 11.8 Å². The molecule has 1 N–H and O–H groups in total. The lowest BCUT2D eigenvalue weighted by Crippen LogP contribution is -2.43. The Morgan fingerprint density at radius 1 is 1.43 bits per heavy atom. The van der Waals surface area contributed by atoms with Crippen molar-refractivity contribution in [1.82, 2.24) is 25.0 Å². The second-order valence-electron chi connectivity index (χ2n) is 7.10. The number of nitrogens with zero attached hydrogens (tertiary/aromatic N) is 5. The van der Waals surface area contributed by atoms with Gasteiger partial charge in [-0.2, -0.15) is 10.4 Å². The van der Waals surface area contributed by atoms with Crippen LogP contribution in [-0.2, 0) is 11.8 Å². The van der Waals surface area contributed by atoms with E-state index in [4.69, 9.17) is 5.26 Å². The molecule has 3 heterocycles. The van der Waals surface area contributed by atoms with Crippen LogP contribution in [0.5, 0.6) is 0 Å². The van der Waals surface area contributed by atoms with Gasteiger partial charge < -0.3 is 10.2 Å². The van der Waals surface area contributed by atoms with Gasteiger partial charge in [0.15, 0.2) is 0 Å². The number of hydrogen-bond acceptors (Lipinski definition) is 5. The van der Waals surface area contributed by atoms with Crippen LogP contribution < -0.4 is 5.32 Å². The zero-order valence-corrected chi connectivity index (χ0v) is 16.5. The number of aromatic nitrogens is 3. The zero-order valence-electron chi connectivity index (χ0n) is 16.5. The Kier molecular flexibility index (Phi) is 5.91. The maximum atomic E-state index is 13.5. The number of carbonyl (C=O) groups excluding carboxylic acids is 2. The van der Waals surface area contributed by atoms with Crippen LogP contribution in [0.1, 0.15) is 34.8 Å². The highest BCUT2D eigenvalue weighted by atomic mass is 19.3. The molecule has 0 spiro atoms. The number of alkyl halides is 2. The molecule has 3 rings (SSSR count). The number of allylic oxidation sites excluding steroid dienone is 1. The average molecular weight is 414 g/mol. The molecule has 1 aliphatic rings. The van der Waals surface area contributed by atoms with Crippen molar-refractivity contribution in [2.24, 2.45) is 7.05 Å². The third-order valence-corrected chi connectivity index (χ3v) is 4.77. The number of amides is 2. The van der Waals surface area contributed by atoms with Gasteiger partial charge in [0.2, 0.25) is 5.91 Å². The monoisotopic (exact) mass is 414 g/mol. The first-order valence-electron chi connectivity index (χ1n) is 9.16. The number of rotatable bonds is 5. The first kappa shape index (κ1) is 21.1. The summed E-state index contributed by atoms with van der Waals surface area (Å²) in [7, 11) is 1.80. The molecule has 1 saturated heterocycles. The summed E-state index contributed by atoms with van der Waals surface area (Å²) in [4.78, 5) is 29.7. The topological polar surface area (TPSA) is 104 Å². The maximum Gasteiger partial charge on any atom is 0.268 e. The van der Waals surface area contributed by atoms with Crippen LogP contribution in [0.15, 0.2) is 30.9 Å². The van der Waals surface area contributed by atoms with E-state index in [9.17, 15) is 18.4 Å². The molecular formula is C20H20F2N6O2. The second kappa shape index (κ2) is 8.41. The minimum atomic E-state index is -3.10. The number of hydrogen-bond donors (Lipinski definition) is 1. The number of nitriles is 1. The molecule has 0 unspecified atom stereocenters. The fraction of sp³-hybridized carbons (Fsp3) is 0.350. The van der Waals surface area contributed by atoms with Crippen molar-refractivity contribution in [1.29, 1.82) is 5.26 Å². The predicted octanol–water partition coefficient (Wildman–Crippen LogP) is 1.87. The van der Waals surface area contributed by atoms with Crippen LogP contribution in [-0.4, -0.2) is 56.5 Å². The molecule has 30 heavy (non-hydrogen) atoms. The highest BCUT2D eigenvalue weighted by Crippen LogP contribution is 2.31. The van der Waals surface area contributed by atoms with Crippen LogP contribution in [0, 0.1) is 11.3 Å². The molecule has 1 aliphatic heterocycles. The number of pyridine rings is 1. The molecule has 8 nitrogen and oxygen atoms in total. The van der Waals surface area contributed by atoms with Crippen molar-refractivity contribution in [3.8, 4) is 6.07 Å². The number of halogens is 2. The van der Waals surface area contributed by atoms with Crippen LogP contribution >= 0.6 is 0 Å². The van der Waals surface area contributed by atoms with E-state index in [-0.39, 0.29) is 5.56 Å². The van der Waals surface area contributed by atoms with E-state index >= 15 is 0 Å². The van der Waals surface area contributed by atoms with E-state index < -0.39 is 43.3 Å².